The first-order valence-electron chi connectivity index (χ1n) is 7.83. The molecule has 2 aromatic carbocycles. The van der Waals surface area contributed by atoms with E-state index in [0.717, 1.165) is 0 Å². The summed E-state index contributed by atoms with van der Waals surface area (Å²) in [4.78, 5) is 12.4. The van der Waals surface area contributed by atoms with Gasteiger partial charge >= 0.3 is 0 Å². The van der Waals surface area contributed by atoms with Crippen LogP contribution in [0.3, 0.4) is 0 Å². The van der Waals surface area contributed by atoms with Gasteiger partial charge < -0.3 is 34.7 Å². The number of nitrogen functional groups attached to an aromatic ring is 1. The number of carbonyl (C=O) groups excluding carboxylic acids is 1. The summed E-state index contributed by atoms with van der Waals surface area (Å²) in [7, 11) is 4.57. The number of hydrogen-bond acceptors (Lipinski definition) is 7. The Labute approximate surface area is 162 Å². The number of nitrogens with two attached hydrogens (primary N) is 1. The second kappa shape index (κ2) is 8.59. The summed E-state index contributed by atoms with van der Waals surface area (Å²) < 4.78 is 26.4. The summed E-state index contributed by atoms with van der Waals surface area (Å²) in [6.07, 6.45) is 0.102. The maximum Gasteiger partial charge on any atom is 0.231 e. The highest BCUT2D eigenvalue weighted by Crippen LogP contribution is 2.39. The fraction of sp³-hybridized carbons (Fsp3) is 0.278. The maximum atomic E-state index is 12.4. The van der Waals surface area contributed by atoms with Gasteiger partial charge in [0.15, 0.2) is 23.0 Å². The minimum Gasteiger partial charge on any atom is -0.493 e. The SMILES string of the molecule is COc1cc(CC(=O)Nc2cc3c(cc2N)OCO3)cc(OC)c1OC.Cl. The average Bonchev–Trinajstić information content (AvgIpc) is 3.08. The van der Waals surface area contributed by atoms with E-state index in [1.807, 2.05) is 0 Å². The summed E-state index contributed by atoms with van der Waals surface area (Å²) in [5, 5.41) is 2.78. The molecule has 0 unspecified atom stereocenters. The zero-order chi connectivity index (χ0) is 18.7. The molecule has 146 valence electrons. The van der Waals surface area contributed by atoms with Crippen LogP contribution in [0.1, 0.15) is 5.56 Å². The van der Waals surface area contributed by atoms with Gasteiger partial charge in [-0.1, -0.05) is 0 Å². The van der Waals surface area contributed by atoms with Crippen LogP contribution in [0, 0.1) is 0 Å². The summed E-state index contributed by atoms with van der Waals surface area (Å²) in [6, 6.07) is 6.72. The molecule has 0 spiro atoms. The number of carbonyl (C=O) groups is 1. The lowest BCUT2D eigenvalue weighted by molar-refractivity contribution is -0.115. The first-order valence-corrected chi connectivity index (χ1v) is 7.83. The lowest BCUT2D eigenvalue weighted by atomic mass is 10.1. The first kappa shape index (κ1) is 20.3. The van der Waals surface area contributed by atoms with Crippen LogP contribution in [0.2, 0.25) is 0 Å². The molecule has 1 amide bonds. The van der Waals surface area contributed by atoms with Gasteiger partial charge in [-0.15, -0.1) is 12.4 Å². The Morgan fingerprint density at radius 1 is 1.04 bits per heavy atom. The van der Waals surface area contributed by atoms with Crippen molar-refractivity contribution in [1.29, 1.82) is 0 Å². The van der Waals surface area contributed by atoms with Crippen LogP contribution in [0.25, 0.3) is 0 Å². The second-order valence-corrected chi connectivity index (χ2v) is 5.55. The molecule has 0 aliphatic carbocycles. The molecule has 0 saturated carbocycles. The molecule has 8 nitrogen and oxygen atoms in total. The normalized spacial score (nSPS) is 11.4. The molecule has 2 aromatic rings. The van der Waals surface area contributed by atoms with Crippen LogP contribution >= 0.6 is 12.4 Å². The van der Waals surface area contributed by atoms with Crippen molar-refractivity contribution in [3.8, 4) is 28.7 Å². The Morgan fingerprint density at radius 2 is 1.63 bits per heavy atom. The Hall–Kier alpha value is -3.00. The lowest BCUT2D eigenvalue weighted by Gasteiger charge is -2.14. The molecule has 27 heavy (non-hydrogen) atoms. The molecule has 0 saturated heterocycles. The van der Waals surface area contributed by atoms with Gasteiger partial charge in [0.1, 0.15) is 0 Å². The number of ether oxygens (including phenoxy) is 5. The quantitative estimate of drug-likeness (QED) is 0.723. The molecule has 3 N–H and O–H groups in total. The van der Waals surface area contributed by atoms with Crippen LogP contribution in [-0.2, 0) is 11.2 Å². The maximum absolute atomic E-state index is 12.4. The van der Waals surface area contributed by atoms with Crippen molar-refractivity contribution in [1.82, 2.24) is 0 Å². The lowest BCUT2D eigenvalue weighted by Crippen LogP contribution is -2.15. The van der Waals surface area contributed by atoms with Crippen LogP contribution < -0.4 is 34.7 Å². The van der Waals surface area contributed by atoms with Gasteiger partial charge in [-0.25, -0.2) is 0 Å². The van der Waals surface area contributed by atoms with Crippen molar-refractivity contribution in [2.45, 2.75) is 6.42 Å². The van der Waals surface area contributed by atoms with E-state index in [-0.39, 0.29) is 31.5 Å². The zero-order valence-corrected chi connectivity index (χ0v) is 16.0. The minimum absolute atomic E-state index is 0. The highest BCUT2D eigenvalue weighted by atomic mass is 35.5. The smallest absolute Gasteiger partial charge is 0.231 e. The van der Waals surface area contributed by atoms with Crippen LogP contribution in [0.15, 0.2) is 24.3 Å². The van der Waals surface area contributed by atoms with E-state index < -0.39 is 0 Å². The fourth-order valence-corrected chi connectivity index (χ4v) is 2.68. The van der Waals surface area contributed by atoms with Gasteiger partial charge in [0.2, 0.25) is 18.4 Å². The predicted octanol–water partition coefficient (Wildman–Crippen LogP) is 2.63. The summed E-state index contributed by atoms with van der Waals surface area (Å²) in [5.74, 6) is 2.30. The number of anilines is 2. The molecular weight excluding hydrogens is 376 g/mol. The van der Waals surface area contributed by atoms with E-state index in [4.69, 9.17) is 29.4 Å². The molecular formula is C18H21ClN2O6. The fourth-order valence-electron chi connectivity index (χ4n) is 2.68. The molecule has 0 bridgehead atoms. The monoisotopic (exact) mass is 396 g/mol. The van der Waals surface area contributed by atoms with Gasteiger partial charge in [0.05, 0.1) is 39.1 Å². The molecule has 3 rings (SSSR count). The van der Waals surface area contributed by atoms with Crippen LogP contribution in [0.5, 0.6) is 28.7 Å². The van der Waals surface area contributed by atoms with Crippen molar-refractivity contribution >= 4 is 29.7 Å². The summed E-state index contributed by atoms with van der Waals surface area (Å²) in [5.41, 5.74) is 7.52. The van der Waals surface area contributed by atoms with Gasteiger partial charge in [-0.3, -0.25) is 4.79 Å². The Balaban J connectivity index is 0.00000261. The highest BCUT2D eigenvalue weighted by molar-refractivity contribution is 5.96. The molecule has 1 aliphatic heterocycles. The molecule has 9 heteroatoms. The van der Waals surface area contributed by atoms with E-state index in [1.54, 1.807) is 24.3 Å². The first-order chi connectivity index (χ1) is 12.5. The van der Waals surface area contributed by atoms with Crippen molar-refractivity contribution in [2.75, 3.05) is 39.2 Å². The standard InChI is InChI=1S/C18H20N2O6.ClH/c1-22-15-4-10(5-16(23-2)18(15)24-3)6-17(21)20-12-8-14-13(7-11(12)19)25-9-26-14;/h4-5,7-8H,6,9,19H2,1-3H3,(H,20,21);1H. The summed E-state index contributed by atoms with van der Waals surface area (Å²) in [6.45, 7) is 0.137. The second-order valence-electron chi connectivity index (χ2n) is 5.55. The number of rotatable bonds is 6. The number of methoxy groups -OCH3 is 3. The van der Waals surface area contributed by atoms with Crippen molar-refractivity contribution in [3.05, 3.63) is 29.8 Å². The number of nitrogens with one attached hydrogen (secondary N) is 1. The number of halogens is 1. The third-order valence-corrected chi connectivity index (χ3v) is 3.91. The minimum atomic E-state index is -0.246. The average molecular weight is 397 g/mol. The van der Waals surface area contributed by atoms with Gasteiger partial charge in [0, 0.05) is 12.1 Å². The van der Waals surface area contributed by atoms with Crippen molar-refractivity contribution < 1.29 is 28.5 Å². The number of hydrogen-bond donors (Lipinski definition) is 2. The Kier molecular flexibility index (Phi) is 6.46. The third kappa shape index (κ3) is 4.22. The van der Waals surface area contributed by atoms with E-state index in [0.29, 0.717) is 45.7 Å². The van der Waals surface area contributed by atoms with E-state index in [2.05, 4.69) is 5.32 Å². The largest absolute Gasteiger partial charge is 0.493 e. The van der Waals surface area contributed by atoms with Gasteiger partial charge in [0.25, 0.3) is 0 Å². The number of fused-ring (bicyclic) bond motifs is 1. The molecule has 1 heterocycles. The summed E-state index contributed by atoms with van der Waals surface area (Å²) >= 11 is 0. The highest BCUT2D eigenvalue weighted by Gasteiger charge is 2.18. The number of amides is 1. The van der Waals surface area contributed by atoms with Crippen LogP contribution in [-0.4, -0.2) is 34.0 Å². The molecule has 0 atom stereocenters. The van der Waals surface area contributed by atoms with Gasteiger partial charge in [-0.05, 0) is 17.7 Å². The van der Waals surface area contributed by atoms with Crippen molar-refractivity contribution in [3.63, 3.8) is 0 Å². The predicted molar refractivity (Wildman–Crippen MR) is 103 cm³/mol. The molecule has 0 fully saturated rings. The van der Waals surface area contributed by atoms with E-state index in [1.165, 1.54) is 21.3 Å². The van der Waals surface area contributed by atoms with Gasteiger partial charge in [-0.2, -0.15) is 0 Å². The molecule has 1 aliphatic rings. The molecule has 0 aromatic heterocycles. The van der Waals surface area contributed by atoms with E-state index >= 15 is 0 Å². The van der Waals surface area contributed by atoms with Crippen LogP contribution in [0.4, 0.5) is 11.4 Å². The third-order valence-electron chi connectivity index (χ3n) is 3.91. The Bertz CT molecular complexity index is 818. The topological polar surface area (TPSA) is 101 Å². The van der Waals surface area contributed by atoms with E-state index in [9.17, 15) is 4.79 Å². The zero-order valence-electron chi connectivity index (χ0n) is 15.2. The molecule has 0 radical (unpaired) electrons. The Morgan fingerprint density at radius 3 is 2.19 bits per heavy atom. The number of benzene rings is 2. The van der Waals surface area contributed by atoms with Crippen molar-refractivity contribution in [2.24, 2.45) is 0 Å².